The molecule has 0 aromatic carbocycles. The van der Waals surface area contributed by atoms with E-state index in [0.29, 0.717) is 12.1 Å². The van der Waals surface area contributed by atoms with Gasteiger partial charge in [0.05, 0.1) is 0 Å². The molecule has 86 valence electrons. The molecule has 2 atom stereocenters. The molecule has 1 aromatic heterocycles. The van der Waals surface area contributed by atoms with Crippen molar-refractivity contribution < 1.29 is 0 Å². The number of rotatable bonds is 4. The maximum Gasteiger partial charge on any atom is 0.0334 e. The minimum atomic E-state index is 0.473. The molecule has 2 rings (SSSR count). The average molecular weight is 233 g/mol. The third kappa shape index (κ3) is 2.48. The van der Waals surface area contributed by atoms with Crippen LogP contribution in [0.5, 0.6) is 0 Å². The van der Waals surface area contributed by atoms with Gasteiger partial charge in [-0.2, -0.15) is 0 Å². The Hall–Kier alpha value is -0.780. The van der Waals surface area contributed by atoms with Crippen LogP contribution in [0.3, 0.4) is 0 Å². The van der Waals surface area contributed by atoms with E-state index in [1.54, 1.807) is 4.88 Å². The van der Waals surface area contributed by atoms with Crippen LogP contribution in [0.4, 0.5) is 0 Å². The van der Waals surface area contributed by atoms with E-state index in [1.807, 2.05) is 11.3 Å². The van der Waals surface area contributed by atoms with Gasteiger partial charge in [0.25, 0.3) is 0 Å². The zero-order valence-electron chi connectivity index (χ0n) is 9.83. The first-order valence-corrected chi connectivity index (χ1v) is 6.99. The number of nitrogens with one attached hydrogen (secondary N) is 1. The highest BCUT2D eigenvalue weighted by molar-refractivity contribution is 7.10. The van der Waals surface area contributed by atoms with E-state index in [0.717, 1.165) is 12.8 Å². The Bertz CT molecular complexity index is 374. The van der Waals surface area contributed by atoms with Gasteiger partial charge < -0.3 is 5.32 Å². The van der Waals surface area contributed by atoms with Crippen molar-refractivity contribution in [2.45, 2.75) is 51.1 Å². The lowest BCUT2D eigenvalue weighted by Crippen LogP contribution is -2.33. The minimum absolute atomic E-state index is 0.473. The lowest BCUT2D eigenvalue weighted by Gasteiger charge is -2.27. The highest BCUT2D eigenvalue weighted by Gasteiger charge is 2.22. The van der Waals surface area contributed by atoms with Crippen LogP contribution in [0, 0.1) is 12.3 Å². The van der Waals surface area contributed by atoms with Crippen LogP contribution in [0.2, 0.25) is 0 Å². The quantitative estimate of drug-likeness (QED) is 0.785. The van der Waals surface area contributed by atoms with Crippen molar-refractivity contribution in [3.8, 4) is 12.3 Å². The molecule has 0 radical (unpaired) electrons. The summed E-state index contributed by atoms with van der Waals surface area (Å²) in [7, 11) is 0. The summed E-state index contributed by atoms with van der Waals surface area (Å²) in [5, 5.41) is 5.93. The molecule has 0 bridgehead atoms. The molecule has 2 unspecified atom stereocenters. The molecule has 0 fully saturated rings. The smallest absolute Gasteiger partial charge is 0.0334 e. The molecule has 2 heteroatoms. The highest BCUT2D eigenvalue weighted by atomic mass is 32.1. The lowest BCUT2D eigenvalue weighted by atomic mass is 9.93. The van der Waals surface area contributed by atoms with Gasteiger partial charge in [0.2, 0.25) is 0 Å². The van der Waals surface area contributed by atoms with Crippen LogP contribution in [-0.2, 0) is 6.42 Å². The summed E-state index contributed by atoms with van der Waals surface area (Å²) in [6.07, 6.45) is 11.2. The summed E-state index contributed by atoms with van der Waals surface area (Å²) in [5.74, 6) is 2.77. The van der Waals surface area contributed by atoms with Crippen molar-refractivity contribution in [2.75, 3.05) is 0 Å². The van der Waals surface area contributed by atoms with Gasteiger partial charge in [0, 0.05) is 23.4 Å². The first-order valence-electron chi connectivity index (χ1n) is 6.11. The van der Waals surface area contributed by atoms with Crippen LogP contribution < -0.4 is 5.32 Å². The first-order chi connectivity index (χ1) is 7.85. The number of hydrogen-bond acceptors (Lipinski definition) is 2. The van der Waals surface area contributed by atoms with Crippen molar-refractivity contribution in [1.82, 2.24) is 5.32 Å². The molecule has 0 amide bonds. The number of fused-ring (bicyclic) bond motifs is 1. The number of hydrogen-bond donors (Lipinski definition) is 1. The standard InChI is InChI=1S/C14H19NS/c1-3-6-11(4-2)15-13-7-5-8-14-12(13)9-10-16-14/h1,9-11,13,15H,4-8H2,2H3. The second kappa shape index (κ2) is 5.52. The molecule has 16 heavy (non-hydrogen) atoms. The molecule has 0 saturated carbocycles. The van der Waals surface area contributed by atoms with Crippen LogP contribution in [-0.4, -0.2) is 6.04 Å². The fraction of sp³-hybridized carbons (Fsp3) is 0.571. The Morgan fingerprint density at radius 1 is 1.69 bits per heavy atom. The van der Waals surface area contributed by atoms with Crippen molar-refractivity contribution in [3.05, 3.63) is 21.9 Å². The Morgan fingerprint density at radius 3 is 3.31 bits per heavy atom. The molecule has 0 spiro atoms. The van der Waals surface area contributed by atoms with Crippen LogP contribution in [0.15, 0.2) is 11.4 Å². The Kier molecular flexibility index (Phi) is 4.04. The van der Waals surface area contributed by atoms with E-state index in [-0.39, 0.29) is 0 Å². The Morgan fingerprint density at radius 2 is 2.56 bits per heavy atom. The van der Waals surface area contributed by atoms with E-state index in [1.165, 1.54) is 24.8 Å². The molecular formula is C14H19NS. The largest absolute Gasteiger partial charge is 0.306 e. The van der Waals surface area contributed by atoms with E-state index in [2.05, 4.69) is 29.6 Å². The predicted molar refractivity (Wildman–Crippen MR) is 70.7 cm³/mol. The van der Waals surface area contributed by atoms with Crippen molar-refractivity contribution in [3.63, 3.8) is 0 Å². The number of terminal acetylenes is 1. The summed E-state index contributed by atoms with van der Waals surface area (Å²) >= 11 is 1.90. The third-order valence-electron chi connectivity index (χ3n) is 3.35. The van der Waals surface area contributed by atoms with Gasteiger partial charge in [0.15, 0.2) is 0 Å². The van der Waals surface area contributed by atoms with Gasteiger partial charge in [0.1, 0.15) is 0 Å². The highest BCUT2D eigenvalue weighted by Crippen LogP contribution is 2.33. The van der Waals surface area contributed by atoms with Crippen LogP contribution in [0.1, 0.15) is 49.1 Å². The molecule has 1 aliphatic rings. The SMILES string of the molecule is C#CCC(CC)NC1CCCc2sccc21. The molecule has 1 aromatic rings. The zero-order chi connectivity index (χ0) is 11.4. The number of aryl methyl sites for hydroxylation is 1. The van der Waals surface area contributed by atoms with Gasteiger partial charge in [-0.1, -0.05) is 6.92 Å². The van der Waals surface area contributed by atoms with Gasteiger partial charge in [-0.15, -0.1) is 23.7 Å². The molecular weight excluding hydrogens is 214 g/mol. The molecule has 1 N–H and O–H groups in total. The molecule has 0 saturated heterocycles. The van der Waals surface area contributed by atoms with E-state index in [4.69, 9.17) is 6.42 Å². The van der Waals surface area contributed by atoms with Crippen LogP contribution >= 0.6 is 11.3 Å². The summed E-state index contributed by atoms with van der Waals surface area (Å²) in [6.45, 7) is 2.20. The van der Waals surface area contributed by atoms with Crippen molar-refractivity contribution in [2.24, 2.45) is 0 Å². The molecule has 1 aliphatic carbocycles. The maximum atomic E-state index is 5.40. The van der Waals surface area contributed by atoms with Crippen molar-refractivity contribution in [1.29, 1.82) is 0 Å². The second-order valence-corrected chi connectivity index (χ2v) is 5.42. The lowest BCUT2D eigenvalue weighted by molar-refractivity contribution is 0.392. The van der Waals surface area contributed by atoms with Gasteiger partial charge in [-0.3, -0.25) is 0 Å². The third-order valence-corrected chi connectivity index (χ3v) is 4.34. The number of thiophene rings is 1. The van der Waals surface area contributed by atoms with Gasteiger partial charge in [-0.25, -0.2) is 0 Å². The average Bonchev–Trinajstić information content (AvgIpc) is 2.77. The van der Waals surface area contributed by atoms with Crippen LogP contribution in [0.25, 0.3) is 0 Å². The first kappa shape index (κ1) is 11.7. The molecule has 1 heterocycles. The summed E-state index contributed by atoms with van der Waals surface area (Å²) in [5.41, 5.74) is 1.52. The van der Waals surface area contributed by atoms with E-state index in [9.17, 15) is 0 Å². The molecule has 1 nitrogen and oxygen atoms in total. The zero-order valence-corrected chi connectivity index (χ0v) is 10.6. The van der Waals surface area contributed by atoms with Crippen molar-refractivity contribution >= 4 is 11.3 Å². The molecule has 0 aliphatic heterocycles. The van der Waals surface area contributed by atoms with E-state index >= 15 is 0 Å². The summed E-state index contributed by atoms with van der Waals surface area (Å²) in [4.78, 5) is 1.57. The Balaban J connectivity index is 2.04. The van der Waals surface area contributed by atoms with E-state index < -0.39 is 0 Å². The minimum Gasteiger partial charge on any atom is -0.306 e. The normalized spacial score (nSPS) is 21.1. The fourth-order valence-corrected chi connectivity index (χ4v) is 3.39. The summed E-state index contributed by atoms with van der Waals surface area (Å²) < 4.78 is 0. The fourth-order valence-electron chi connectivity index (χ4n) is 2.41. The second-order valence-electron chi connectivity index (χ2n) is 4.42. The van der Waals surface area contributed by atoms with Gasteiger partial charge >= 0.3 is 0 Å². The van der Waals surface area contributed by atoms with Gasteiger partial charge in [-0.05, 0) is 42.7 Å². The maximum absolute atomic E-state index is 5.40. The monoisotopic (exact) mass is 233 g/mol. The summed E-state index contributed by atoms with van der Waals surface area (Å²) in [6, 6.07) is 3.29. The predicted octanol–water partition coefficient (Wildman–Crippen LogP) is 3.52. The topological polar surface area (TPSA) is 12.0 Å². The Labute approximate surface area is 102 Å².